The van der Waals surface area contributed by atoms with Crippen molar-refractivity contribution in [2.45, 2.75) is 47.0 Å². The van der Waals surface area contributed by atoms with Crippen LogP contribution in [0.2, 0.25) is 0 Å². The average molecular weight is 417 g/mol. The fourth-order valence-electron chi connectivity index (χ4n) is 3.33. The SMILES string of the molecule is C=C(C)COc1ccc(Cc2ccc(OCC(=C)C)c(CC(=C)C)c2)cc1CC(=C)C. The normalized spacial score (nSPS) is 10.5. The van der Waals surface area contributed by atoms with Crippen LogP contribution in [0, 0.1) is 0 Å². The highest BCUT2D eigenvalue weighted by atomic mass is 16.5. The Labute approximate surface area is 188 Å². The van der Waals surface area contributed by atoms with Crippen molar-refractivity contribution in [3.63, 3.8) is 0 Å². The van der Waals surface area contributed by atoms with Crippen molar-refractivity contribution < 1.29 is 9.47 Å². The van der Waals surface area contributed by atoms with Gasteiger partial charge in [0.2, 0.25) is 0 Å². The second kappa shape index (κ2) is 11.4. The molecule has 0 aliphatic heterocycles. The second-order valence-electron chi connectivity index (χ2n) is 8.82. The van der Waals surface area contributed by atoms with Crippen LogP contribution in [0.15, 0.2) is 85.0 Å². The second-order valence-corrected chi connectivity index (χ2v) is 8.82. The first-order chi connectivity index (χ1) is 14.6. The number of hydrogen-bond acceptors (Lipinski definition) is 2. The molecule has 0 N–H and O–H groups in total. The van der Waals surface area contributed by atoms with Crippen molar-refractivity contribution in [2.75, 3.05) is 13.2 Å². The zero-order chi connectivity index (χ0) is 23.0. The molecule has 164 valence electrons. The van der Waals surface area contributed by atoms with Gasteiger partial charge in [-0.15, -0.1) is 0 Å². The molecule has 0 bridgehead atoms. The van der Waals surface area contributed by atoms with E-state index in [9.17, 15) is 0 Å². The summed E-state index contributed by atoms with van der Waals surface area (Å²) in [6.07, 6.45) is 2.44. The van der Waals surface area contributed by atoms with E-state index in [1.54, 1.807) is 0 Å². The predicted molar refractivity (Wildman–Crippen MR) is 133 cm³/mol. The molecule has 0 heterocycles. The molecule has 0 aliphatic rings. The number of allylic oxidation sites excluding steroid dienone is 2. The van der Waals surface area contributed by atoms with E-state index in [0.29, 0.717) is 13.2 Å². The Kier molecular flexibility index (Phi) is 8.93. The molecule has 0 spiro atoms. The van der Waals surface area contributed by atoms with E-state index < -0.39 is 0 Å². The van der Waals surface area contributed by atoms with Gasteiger partial charge in [0.25, 0.3) is 0 Å². The summed E-state index contributed by atoms with van der Waals surface area (Å²) in [5.41, 5.74) is 9.05. The van der Waals surface area contributed by atoms with Crippen LogP contribution in [-0.2, 0) is 19.3 Å². The summed E-state index contributed by atoms with van der Waals surface area (Å²) in [6, 6.07) is 12.9. The average Bonchev–Trinajstić information content (AvgIpc) is 2.65. The molecule has 2 rings (SSSR count). The Bertz CT molecular complexity index is 899. The molecule has 0 amide bonds. The molecule has 0 fully saturated rings. The third kappa shape index (κ3) is 8.33. The van der Waals surface area contributed by atoms with Gasteiger partial charge < -0.3 is 9.47 Å². The molecule has 2 nitrogen and oxygen atoms in total. The number of ether oxygens (including phenoxy) is 2. The first kappa shape index (κ1) is 24.3. The van der Waals surface area contributed by atoms with Crippen LogP contribution in [-0.4, -0.2) is 13.2 Å². The monoisotopic (exact) mass is 416 g/mol. The van der Waals surface area contributed by atoms with Crippen LogP contribution >= 0.6 is 0 Å². The van der Waals surface area contributed by atoms with E-state index in [2.05, 4.69) is 62.7 Å². The van der Waals surface area contributed by atoms with Gasteiger partial charge in [0.15, 0.2) is 0 Å². The van der Waals surface area contributed by atoms with Crippen LogP contribution in [0.4, 0.5) is 0 Å². The van der Waals surface area contributed by atoms with E-state index in [0.717, 1.165) is 64.2 Å². The minimum Gasteiger partial charge on any atom is -0.489 e. The van der Waals surface area contributed by atoms with E-state index in [1.807, 2.05) is 27.7 Å². The maximum absolute atomic E-state index is 5.96. The zero-order valence-electron chi connectivity index (χ0n) is 19.6. The van der Waals surface area contributed by atoms with Gasteiger partial charge in [-0.25, -0.2) is 0 Å². The topological polar surface area (TPSA) is 18.5 Å². The molecule has 0 aliphatic carbocycles. The highest BCUT2D eigenvalue weighted by Gasteiger charge is 2.10. The van der Waals surface area contributed by atoms with Crippen molar-refractivity contribution in [1.29, 1.82) is 0 Å². The van der Waals surface area contributed by atoms with E-state index in [-0.39, 0.29) is 0 Å². The molecule has 0 saturated heterocycles. The van der Waals surface area contributed by atoms with Gasteiger partial charge in [-0.1, -0.05) is 61.7 Å². The van der Waals surface area contributed by atoms with Gasteiger partial charge >= 0.3 is 0 Å². The molecule has 2 heteroatoms. The van der Waals surface area contributed by atoms with Crippen LogP contribution in [0.5, 0.6) is 11.5 Å². The lowest BCUT2D eigenvalue weighted by atomic mass is 9.96. The van der Waals surface area contributed by atoms with Crippen LogP contribution in [0.25, 0.3) is 0 Å². The number of rotatable bonds is 12. The van der Waals surface area contributed by atoms with Gasteiger partial charge in [0.05, 0.1) is 0 Å². The minimum absolute atomic E-state index is 0.526. The Morgan fingerprint density at radius 3 is 1.32 bits per heavy atom. The van der Waals surface area contributed by atoms with Crippen LogP contribution in [0.3, 0.4) is 0 Å². The van der Waals surface area contributed by atoms with Gasteiger partial charge in [0, 0.05) is 0 Å². The van der Waals surface area contributed by atoms with Crippen LogP contribution < -0.4 is 9.47 Å². The molecule has 31 heavy (non-hydrogen) atoms. The van der Waals surface area contributed by atoms with Crippen LogP contribution in [0.1, 0.15) is 49.9 Å². The van der Waals surface area contributed by atoms with Gasteiger partial charge in [0.1, 0.15) is 24.7 Å². The number of benzene rings is 2. The van der Waals surface area contributed by atoms with Crippen molar-refractivity contribution in [1.82, 2.24) is 0 Å². The Morgan fingerprint density at radius 2 is 1.00 bits per heavy atom. The first-order valence-electron chi connectivity index (χ1n) is 10.7. The summed E-state index contributed by atoms with van der Waals surface area (Å²) in [4.78, 5) is 0. The Hall–Kier alpha value is -3.00. The summed E-state index contributed by atoms with van der Waals surface area (Å²) >= 11 is 0. The Morgan fingerprint density at radius 1 is 0.613 bits per heavy atom. The highest BCUT2D eigenvalue weighted by Crippen LogP contribution is 2.27. The Balaban J connectivity index is 2.28. The summed E-state index contributed by atoms with van der Waals surface area (Å²) in [5.74, 6) is 1.81. The predicted octanol–water partition coefficient (Wildman–Crippen LogP) is 7.42. The van der Waals surface area contributed by atoms with Gasteiger partial charge in [-0.3, -0.25) is 0 Å². The third-order valence-electron chi connectivity index (χ3n) is 4.59. The molecule has 0 radical (unpaired) electrons. The molecule has 0 atom stereocenters. The molecule has 0 saturated carbocycles. The lowest BCUT2D eigenvalue weighted by Gasteiger charge is -2.15. The first-order valence-corrected chi connectivity index (χ1v) is 10.7. The highest BCUT2D eigenvalue weighted by molar-refractivity contribution is 5.44. The summed E-state index contributed by atoms with van der Waals surface area (Å²) in [7, 11) is 0. The quantitative estimate of drug-likeness (QED) is 0.335. The summed E-state index contributed by atoms with van der Waals surface area (Å²) in [5, 5.41) is 0. The summed E-state index contributed by atoms with van der Waals surface area (Å²) in [6.45, 7) is 25.1. The lowest BCUT2D eigenvalue weighted by Crippen LogP contribution is -2.03. The zero-order valence-corrected chi connectivity index (χ0v) is 19.6. The minimum atomic E-state index is 0.526. The maximum atomic E-state index is 5.96. The van der Waals surface area contributed by atoms with Crippen molar-refractivity contribution in [3.05, 3.63) is 107 Å². The van der Waals surface area contributed by atoms with Crippen molar-refractivity contribution in [2.24, 2.45) is 0 Å². The number of hydrogen-bond donors (Lipinski definition) is 0. The molecule has 0 aromatic heterocycles. The van der Waals surface area contributed by atoms with E-state index >= 15 is 0 Å². The fraction of sp³-hybridized carbons (Fsp3) is 0.310. The fourth-order valence-corrected chi connectivity index (χ4v) is 3.33. The maximum Gasteiger partial charge on any atom is 0.123 e. The third-order valence-corrected chi connectivity index (χ3v) is 4.59. The lowest BCUT2D eigenvalue weighted by molar-refractivity contribution is 0.349. The molecular formula is C29H36O2. The smallest absolute Gasteiger partial charge is 0.123 e. The molecule has 2 aromatic rings. The summed E-state index contributed by atoms with van der Waals surface area (Å²) < 4.78 is 11.9. The largest absolute Gasteiger partial charge is 0.489 e. The molecule has 0 unspecified atom stereocenters. The van der Waals surface area contributed by atoms with E-state index in [4.69, 9.17) is 9.47 Å². The van der Waals surface area contributed by atoms with Gasteiger partial charge in [-0.05, 0) is 92.5 Å². The van der Waals surface area contributed by atoms with Crippen molar-refractivity contribution >= 4 is 0 Å². The standard InChI is InChI=1S/C29H36O2/c1-20(2)13-26-16-24(9-11-28(26)30-18-22(5)6)15-25-10-12-29(31-19-23(7)8)27(17-25)14-21(3)4/h9-12,16-17H,1,3,5,7,13-15,18-19H2,2,4,6,8H3. The molecular weight excluding hydrogens is 380 g/mol. The van der Waals surface area contributed by atoms with Crippen molar-refractivity contribution in [3.8, 4) is 11.5 Å². The molecule has 2 aromatic carbocycles. The van der Waals surface area contributed by atoms with E-state index in [1.165, 1.54) is 11.1 Å². The van der Waals surface area contributed by atoms with Gasteiger partial charge in [-0.2, -0.15) is 0 Å².